The average Bonchev–Trinajstić information content (AvgIpc) is 3.24. The number of rotatable bonds is 3. The van der Waals surface area contributed by atoms with E-state index in [0.717, 1.165) is 25.1 Å². The summed E-state index contributed by atoms with van der Waals surface area (Å²) < 4.78 is 39.8. The van der Waals surface area contributed by atoms with Crippen LogP contribution in [-0.4, -0.2) is 38.5 Å². The van der Waals surface area contributed by atoms with Gasteiger partial charge in [0.1, 0.15) is 6.54 Å². The first kappa shape index (κ1) is 15.9. The topological polar surface area (TPSA) is 71.8 Å². The minimum Gasteiger partial charge on any atom is -0.370 e. The van der Waals surface area contributed by atoms with E-state index in [2.05, 4.69) is 15.2 Å². The number of fused-ring (bicyclic) bond motifs is 1. The normalized spacial score (nSPS) is 16.1. The highest BCUT2D eigenvalue weighted by Gasteiger charge is 2.32. The maximum absolute atomic E-state index is 12.9. The van der Waals surface area contributed by atoms with E-state index in [9.17, 15) is 13.2 Å². The summed E-state index contributed by atoms with van der Waals surface area (Å²) in [5, 5.41) is 7.53. The van der Waals surface area contributed by atoms with Crippen LogP contribution in [0.15, 0.2) is 17.3 Å². The highest BCUT2D eigenvalue weighted by Crippen LogP contribution is 2.32. The zero-order valence-corrected chi connectivity index (χ0v) is 12.9. The molecule has 1 aliphatic rings. The van der Waals surface area contributed by atoms with Crippen molar-refractivity contribution in [3.8, 4) is 0 Å². The first-order chi connectivity index (χ1) is 10.8. The minimum atomic E-state index is -4.51. The number of nitrogens with two attached hydrogens (primary N) is 1. The van der Waals surface area contributed by atoms with Crippen LogP contribution in [0.2, 0.25) is 5.02 Å². The van der Waals surface area contributed by atoms with Crippen LogP contribution in [-0.2, 0) is 12.7 Å². The molecule has 0 aliphatic heterocycles. The molecular formula is C13H14ClF3N6. The van der Waals surface area contributed by atoms with Gasteiger partial charge in [0.15, 0.2) is 17.4 Å². The van der Waals surface area contributed by atoms with Crippen LogP contribution in [0.4, 0.5) is 13.2 Å². The van der Waals surface area contributed by atoms with Gasteiger partial charge in [-0.05, 0) is 18.9 Å². The summed E-state index contributed by atoms with van der Waals surface area (Å²) in [7, 11) is 1.83. The van der Waals surface area contributed by atoms with E-state index in [-0.39, 0.29) is 23.0 Å². The maximum Gasteiger partial charge on any atom is 0.417 e. The van der Waals surface area contributed by atoms with Gasteiger partial charge in [0.05, 0.1) is 10.6 Å². The van der Waals surface area contributed by atoms with Crippen LogP contribution in [0.25, 0.3) is 5.65 Å². The number of aliphatic imine (C=N–C) groups is 1. The molecule has 10 heteroatoms. The Kier molecular flexibility index (Phi) is 3.83. The Morgan fingerprint density at radius 2 is 2.17 bits per heavy atom. The predicted molar refractivity (Wildman–Crippen MR) is 79.1 cm³/mol. The lowest BCUT2D eigenvalue weighted by atomic mass is 10.3. The van der Waals surface area contributed by atoms with Crippen LogP contribution in [0, 0.1) is 0 Å². The molecule has 1 fully saturated rings. The van der Waals surface area contributed by atoms with Crippen LogP contribution in [0.3, 0.4) is 0 Å². The number of hydrogen-bond acceptors (Lipinski definition) is 3. The quantitative estimate of drug-likeness (QED) is 0.684. The van der Waals surface area contributed by atoms with Crippen molar-refractivity contribution in [3.63, 3.8) is 0 Å². The van der Waals surface area contributed by atoms with Crippen molar-refractivity contribution in [2.45, 2.75) is 31.6 Å². The van der Waals surface area contributed by atoms with Crippen LogP contribution >= 0.6 is 11.6 Å². The lowest BCUT2D eigenvalue weighted by Gasteiger charge is -2.16. The van der Waals surface area contributed by atoms with Crippen LogP contribution in [0.5, 0.6) is 0 Å². The summed E-state index contributed by atoms with van der Waals surface area (Å²) in [5.41, 5.74) is 5.14. The Bertz CT molecular complexity index is 765. The van der Waals surface area contributed by atoms with Gasteiger partial charge in [0.2, 0.25) is 0 Å². The number of hydrogen-bond donors (Lipinski definition) is 1. The van der Waals surface area contributed by atoms with Crippen molar-refractivity contribution in [1.82, 2.24) is 19.5 Å². The molecule has 1 saturated carbocycles. The van der Waals surface area contributed by atoms with E-state index in [4.69, 9.17) is 17.3 Å². The van der Waals surface area contributed by atoms with Crippen molar-refractivity contribution in [1.29, 1.82) is 0 Å². The van der Waals surface area contributed by atoms with E-state index in [0.29, 0.717) is 12.0 Å². The smallest absolute Gasteiger partial charge is 0.370 e. The molecule has 1 aliphatic carbocycles. The van der Waals surface area contributed by atoms with Gasteiger partial charge in [-0.3, -0.25) is 4.40 Å². The van der Waals surface area contributed by atoms with E-state index in [1.165, 1.54) is 4.40 Å². The summed E-state index contributed by atoms with van der Waals surface area (Å²) in [4.78, 5) is 6.02. The van der Waals surface area contributed by atoms with Crippen molar-refractivity contribution in [3.05, 3.63) is 28.7 Å². The zero-order valence-electron chi connectivity index (χ0n) is 12.2. The molecule has 0 unspecified atom stereocenters. The van der Waals surface area contributed by atoms with Crippen molar-refractivity contribution in [2.24, 2.45) is 10.7 Å². The molecule has 0 spiro atoms. The SMILES string of the molecule is CN(C(N)=NCc1nnc2c(Cl)cc(C(F)(F)F)cn12)C1CC1. The summed E-state index contributed by atoms with van der Waals surface area (Å²) in [6.45, 7) is 0.0156. The second-order valence-electron chi connectivity index (χ2n) is 5.40. The third-order valence-electron chi connectivity index (χ3n) is 3.70. The zero-order chi connectivity index (χ0) is 16.8. The molecule has 0 aromatic carbocycles. The van der Waals surface area contributed by atoms with Crippen molar-refractivity contribution < 1.29 is 13.2 Å². The second kappa shape index (κ2) is 5.55. The monoisotopic (exact) mass is 346 g/mol. The number of alkyl halides is 3. The molecule has 0 bridgehead atoms. The molecule has 2 aromatic heterocycles. The van der Waals surface area contributed by atoms with Gasteiger partial charge >= 0.3 is 6.18 Å². The first-order valence-electron chi connectivity index (χ1n) is 6.90. The lowest BCUT2D eigenvalue weighted by molar-refractivity contribution is -0.137. The molecule has 23 heavy (non-hydrogen) atoms. The molecule has 124 valence electrons. The van der Waals surface area contributed by atoms with E-state index < -0.39 is 11.7 Å². The minimum absolute atomic E-state index is 0.0156. The number of aromatic nitrogens is 3. The summed E-state index contributed by atoms with van der Waals surface area (Å²) >= 11 is 5.85. The van der Waals surface area contributed by atoms with Gasteiger partial charge < -0.3 is 10.6 Å². The van der Waals surface area contributed by atoms with Gasteiger partial charge in [0, 0.05) is 19.3 Å². The summed E-state index contributed by atoms with van der Waals surface area (Å²) in [6, 6.07) is 1.22. The van der Waals surface area contributed by atoms with Crippen LogP contribution in [0.1, 0.15) is 24.2 Å². The number of pyridine rings is 1. The van der Waals surface area contributed by atoms with Crippen LogP contribution < -0.4 is 5.73 Å². The number of halogens is 4. The number of nitrogens with zero attached hydrogens (tertiary/aromatic N) is 5. The summed E-state index contributed by atoms with van der Waals surface area (Å²) in [5.74, 6) is 0.558. The molecule has 2 heterocycles. The Morgan fingerprint density at radius 1 is 1.48 bits per heavy atom. The van der Waals surface area contributed by atoms with Gasteiger partial charge in [-0.15, -0.1) is 10.2 Å². The second-order valence-corrected chi connectivity index (χ2v) is 5.81. The predicted octanol–water partition coefficient (Wildman–Crippen LogP) is 2.31. The first-order valence-corrected chi connectivity index (χ1v) is 7.28. The molecule has 0 amide bonds. The molecular weight excluding hydrogens is 333 g/mol. The molecule has 0 saturated heterocycles. The standard InChI is InChI=1S/C13H14ClF3N6/c1-22(8-2-3-8)12(18)19-5-10-20-21-11-9(14)4-7(6-23(10)11)13(15,16)17/h4,6,8H,2-3,5H2,1H3,(H2,18,19). The molecule has 2 aromatic rings. The third kappa shape index (κ3) is 3.19. The Hall–Kier alpha value is -2.03. The summed E-state index contributed by atoms with van der Waals surface area (Å²) in [6.07, 6.45) is -1.48. The molecule has 0 atom stereocenters. The largest absolute Gasteiger partial charge is 0.417 e. The Morgan fingerprint density at radius 3 is 2.78 bits per heavy atom. The van der Waals surface area contributed by atoms with E-state index >= 15 is 0 Å². The maximum atomic E-state index is 12.9. The van der Waals surface area contributed by atoms with Gasteiger partial charge in [-0.2, -0.15) is 13.2 Å². The lowest BCUT2D eigenvalue weighted by Crippen LogP contribution is -2.35. The molecule has 0 radical (unpaired) electrons. The average molecular weight is 347 g/mol. The highest BCUT2D eigenvalue weighted by molar-refractivity contribution is 6.33. The fourth-order valence-electron chi connectivity index (χ4n) is 2.17. The molecule has 3 rings (SSSR count). The van der Waals surface area contributed by atoms with Gasteiger partial charge in [-0.25, -0.2) is 4.99 Å². The highest BCUT2D eigenvalue weighted by atomic mass is 35.5. The van der Waals surface area contributed by atoms with Crippen molar-refractivity contribution >= 4 is 23.2 Å². The molecule has 2 N–H and O–H groups in total. The molecule has 6 nitrogen and oxygen atoms in total. The van der Waals surface area contributed by atoms with E-state index in [1.54, 1.807) is 0 Å². The van der Waals surface area contributed by atoms with Crippen molar-refractivity contribution in [2.75, 3.05) is 7.05 Å². The van der Waals surface area contributed by atoms with E-state index in [1.807, 2.05) is 11.9 Å². The van der Waals surface area contributed by atoms with Gasteiger partial charge in [0.25, 0.3) is 0 Å². The third-order valence-corrected chi connectivity index (χ3v) is 3.97. The fraction of sp³-hybridized carbons (Fsp3) is 0.462. The Labute approximate surface area is 134 Å². The van der Waals surface area contributed by atoms with Gasteiger partial charge in [-0.1, -0.05) is 11.6 Å². The Balaban J connectivity index is 1.92. The fourth-order valence-corrected chi connectivity index (χ4v) is 2.42. The number of guanidine groups is 1.